The lowest BCUT2D eigenvalue weighted by molar-refractivity contribution is -0.384. The summed E-state index contributed by atoms with van der Waals surface area (Å²) in [7, 11) is 0. The summed E-state index contributed by atoms with van der Waals surface area (Å²) in [5, 5.41) is 26.9. The molecule has 4 N–H and O–H groups in total. The van der Waals surface area contributed by atoms with E-state index in [0.29, 0.717) is 31.0 Å². The molecule has 9 heteroatoms. The topological polar surface area (TPSA) is 125 Å². The van der Waals surface area contributed by atoms with Gasteiger partial charge in [0.1, 0.15) is 5.69 Å². The summed E-state index contributed by atoms with van der Waals surface area (Å²) in [6.45, 7) is 2.21. The lowest BCUT2D eigenvalue weighted by Gasteiger charge is -2.13. The van der Waals surface area contributed by atoms with Crippen molar-refractivity contribution in [3.63, 3.8) is 0 Å². The largest absolute Gasteiger partial charge is 0.378 e. The van der Waals surface area contributed by atoms with Crippen LogP contribution in [0.3, 0.4) is 0 Å². The number of hydrogen-bond donors (Lipinski definition) is 4. The van der Waals surface area contributed by atoms with Crippen LogP contribution in [-0.4, -0.2) is 40.7 Å². The molecule has 2 heterocycles. The standard InChI is InChI=1S/C15H18N6O3/c22-15(14-10-9-16-6-5-11(10)19-20-14)18-8-7-17-12-3-1-2-4-13(12)21(23)24/h1-4,16-17H,5-9H2,(H,18,22)(H,19,20). The number of nitrogens with one attached hydrogen (secondary N) is 4. The second-order valence-corrected chi connectivity index (χ2v) is 5.41. The third kappa shape index (κ3) is 3.35. The normalized spacial score (nSPS) is 13.2. The molecule has 2 aromatic rings. The number of aromatic amines is 1. The molecule has 0 unspecified atom stereocenters. The number of anilines is 1. The average Bonchev–Trinajstić information content (AvgIpc) is 3.03. The van der Waals surface area contributed by atoms with E-state index in [1.54, 1.807) is 18.2 Å². The third-order valence-electron chi connectivity index (χ3n) is 3.85. The van der Waals surface area contributed by atoms with Crippen LogP contribution in [0.1, 0.15) is 21.7 Å². The van der Waals surface area contributed by atoms with Gasteiger partial charge in [0, 0.05) is 49.9 Å². The smallest absolute Gasteiger partial charge is 0.292 e. The molecule has 0 saturated heterocycles. The molecule has 1 aromatic carbocycles. The number of nitrogens with zero attached hydrogens (tertiary/aromatic N) is 2. The van der Waals surface area contributed by atoms with E-state index in [4.69, 9.17) is 0 Å². The molecule has 0 bridgehead atoms. The highest BCUT2D eigenvalue weighted by Gasteiger charge is 2.21. The predicted octanol–water partition coefficient (Wildman–Crippen LogP) is 0.805. The number of aromatic nitrogens is 2. The van der Waals surface area contributed by atoms with Gasteiger partial charge in [-0.1, -0.05) is 12.1 Å². The lowest BCUT2D eigenvalue weighted by Crippen LogP contribution is -2.31. The molecule has 0 aliphatic carbocycles. The second-order valence-electron chi connectivity index (χ2n) is 5.41. The molecule has 0 spiro atoms. The van der Waals surface area contributed by atoms with Gasteiger partial charge in [-0.05, 0) is 6.07 Å². The SMILES string of the molecule is O=C(NCCNc1ccccc1[N+](=O)[O-])c1n[nH]c2c1CNCC2. The van der Waals surface area contributed by atoms with Crippen molar-refractivity contribution in [1.82, 2.24) is 20.8 Å². The summed E-state index contributed by atoms with van der Waals surface area (Å²) in [4.78, 5) is 22.7. The van der Waals surface area contributed by atoms with Crippen LogP contribution in [0, 0.1) is 10.1 Å². The number of benzene rings is 1. The van der Waals surface area contributed by atoms with Gasteiger partial charge in [-0.2, -0.15) is 5.10 Å². The number of carbonyl (C=O) groups is 1. The summed E-state index contributed by atoms with van der Waals surface area (Å²) < 4.78 is 0. The fourth-order valence-electron chi connectivity index (χ4n) is 2.65. The van der Waals surface area contributed by atoms with E-state index in [1.807, 2.05) is 0 Å². The number of para-hydroxylation sites is 2. The minimum Gasteiger partial charge on any atom is -0.378 e. The first-order chi connectivity index (χ1) is 11.7. The number of nitro benzene ring substituents is 1. The van der Waals surface area contributed by atoms with E-state index >= 15 is 0 Å². The summed E-state index contributed by atoms with van der Waals surface area (Å²) in [5.74, 6) is -0.249. The molecule has 0 atom stereocenters. The molecule has 24 heavy (non-hydrogen) atoms. The Bertz CT molecular complexity index is 757. The Morgan fingerprint density at radius 1 is 1.33 bits per heavy atom. The molecule has 1 aliphatic rings. The van der Waals surface area contributed by atoms with Gasteiger partial charge in [-0.25, -0.2) is 0 Å². The number of rotatable bonds is 6. The van der Waals surface area contributed by atoms with Crippen LogP contribution in [0.4, 0.5) is 11.4 Å². The number of fused-ring (bicyclic) bond motifs is 1. The van der Waals surface area contributed by atoms with Crippen LogP contribution in [0.25, 0.3) is 0 Å². The van der Waals surface area contributed by atoms with Crippen molar-refractivity contribution in [2.75, 3.05) is 25.0 Å². The van der Waals surface area contributed by atoms with Crippen molar-refractivity contribution in [2.45, 2.75) is 13.0 Å². The van der Waals surface area contributed by atoms with Gasteiger partial charge >= 0.3 is 0 Å². The Balaban J connectivity index is 1.53. The minimum atomic E-state index is -0.441. The molecular weight excluding hydrogens is 312 g/mol. The Labute approximate surface area is 138 Å². The van der Waals surface area contributed by atoms with Crippen molar-refractivity contribution in [1.29, 1.82) is 0 Å². The van der Waals surface area contributed by atoms with E-state index in [0.717, 1.165) is 24.2 Å². The van der Waals surface area contributed by atoms with Crippen LogP contribution < -0.4 is 16.0 Å². The average molecular weight is 330 g/mol. The van der Waals surface area contributed by atoms with Crippen LogP contribution in [0.2, 0.25) is 0 Å². The Hall–Kier alpha value is -2.94. The summed E-state index contributed by atoms with van der Waals surface area (Å²) in [6.07, 6.45) is 0.828. The minimum absolute atomic E-state index is 0.0104. The summed E-state index contributed by atoms with van der Waals surface area (Å²) in [6, 6.07) is 6.40. The monoisotopic (exact) mass is 330 g/mol. The van der Waals surface area contributed by atoms with E-state index < -0.39 is 4.92 Å². The highest BCUT2D eigenvalue weighted by Crippen LogP contribution is 2.22. The van der Waals surface area contributed by atoms with Gasteiger partial charge in [0.15, 0.2) is 5.69 Å². The van der Waals surface area contributed by atoms with Crippen molar-refractivity contribution < 1.29 is 9.72 Å². The molecule has 126 valence electrons. The number of amides is 1. The van der Waals surface area contributed by atoms with Crippen molar-refractivity contribution in [2.24, 2.45) is 0 Å². The first-order valence-corrected chi connectivity index (χ1v) is 7.69. The third-order valence-corrected chi connectivity index (χ3v) is 3.85. The Morgan fingerprint density at radius 2 is 2.17 bits per heavy atom. The molecule has 0 fully saturated rings. The van der Waals surface area contributed by atoms with E-state index in [-0.39, 0.29) is 11.6 Å². The van der Waals surface area contributed by atoms with Crippen molar-refractivity contribution in [3.05, 3.63) is 51.3 Å². The van der Waals surface area contributed by atoms with Gasteiger partial charge in [-0.3, -0.25) is 20.0 Å². The van der Waals surface area contributed by atoms with E-state index in [9.17, 15) is 14.9 Å². The number of nitro groups is 1. The summed E-state index contributed by atoms with van der Waals surface area (Å²) in [5.41, 5.74) is 2.75. The first kappa shape index (κ1) is 15.9. The number of H-pyrrole nitrogens is 1. The maximum Gasteiger partial charge on any atom is 0.292 e. The fourth-order valence-corrected chi connectivity index (χ4v) is 2.65. The second kappa shape index (κ2) is 7.09. The molecule has 0 radical (unpaired) electrons. The van der Waals surface area contributed by atoms with E-state index in [2.05, 4.69) is 26.1 Å². The molecule has 1 aliphatic heterocycles. The molecule has 0 saturated carbocycles. The molecule has 9 nitrogen and oxygen atoms in total. The highest BCUT2D eigenvalue weighted by molar-refractivity contribution is 5.94. The lowest BCUT2D eigenvalue weighted by atomic mass is 10.1. The number of carbonyl (C=O) groups excluding carboxylic acids is 1. The molecule has 1 aromatic heterocycles. The predicted molar refractivity (Wildman–Crippen MR) is 87.9 cm³/mol. The van der Waals surface area contributed by atoms with E-state index in [1.165, 1.54) is 6.07 Å². The van der Waals surface area contributed by atoms with Crippen LogP contribution in [-0.2, 0) is 13.0 Å². The maximum atomic E-state index is 12.2. The first-order valence-electron chi connectivity index (χ1n) is 7.69. The van der Waals surface area contributed by atoms with Crippen LogP contribution in [0.15, 0.2) is 24.3 Å². The van der Waals surface area contributed by atoms with Gasteiger partial charge < -0.3 is 16.0 Å². The number of hydrogen-bond acceptors (Lipinski definition) is 6. The van der Waals surface area contributed by atoms with Gasteiger partial charge in [0.05, 0.1) is 4.92 Å². The fraction of sp³-hybridized carbons (Fsp3) is 0.333. The van der Waals surface area contributed by atoms with Gasteiger partial charge in [-0.15, -0.1) is 0 Å². The zero-order valence-corrected chi connectivity index (χ0v) is 13.0. The molecular formula is C15H18N6O3. The Morgan fingerprint density at radius 3 is 3.00 bits per heavy atom. The maximum absolute atomic E-state index is 12.2. The van der Waals surface area contributed by atoms with Crippen LogP contribution >= 0.6 is 0 Å². The molecule has 3 rings (SSSR count). The van der Waals surface area contributed by atoms with Crippen LogP contribution in [0.5, 0.6) is 0 Å². The zero-order chi connectivity index (χ0) is 16.9. The molecule has 1 amide bonds. The van der Waals surface area contributed by atoms with Gasteiger partial charge in [0.2, 0.25) is 0 Å². The summed E-state index contributed by atoms with van der Waals surface area (Å²) >= 11 is 0. The zero-order valence-electron chi connectivity index (χ0n) is 13.0. The quantitative estimate of drug-likeness (QED) is 0.353. The van der Waals surface area contributed by atoms with Crippen molar-refractivity contribution in [3.8, 4) is 0 Å². The van der Waals surface area contributed by atoms with Crippen molar-refractivity contribution >= 4 is 17.3 Å². The highest BCUT2D eigenvalue weighted by atomic mass is 16.6. The van der Waals surface area contributed by atoms with Gasteiger partial charge in [0.25, 0.3) is 11.6 Å². The Kier molecular flexibility index (Phi) is 4.71.